The van der Waals surface area contributed by atoms with E-state index >= 15 is 0 Å². The average Bonchev–Trinajstić information content (AvgIpc) is 2.69. The van der Waals surface area contributed by atoms with Gasteiger partial charge in [-0.1, -0.05) is 41.1 Å². The van der Waals surface area contributed by atoms with Crippen molar-refractivity contribution in [3.8, 4) is 0 Å². The van der Waals surface area contributed by atoms with E-state index in [1.54, 1.807) is 6.07 Å². The van der Waals surface area contributed by atoms with Crippen LogP contribution in [0.1, 0.15) is 36.5 Å². The van der Waals surface area contributed by atoms with E-state index in [0.717, 1.165) is 33.3 Å². The second-order valence-electron chi connectivity index (χ2n) is 6.68. The molecule has 0 unspecified atom stereocenters. The number of benzene rings is 2. The second-order valence-corrected chi connectivity index (χ2v) is 7.59. The SMILES string of the molecule is CCc1cc(Br)ccc1NC(=O)COC(=O)CCC(=O)Nc1c(C)cccc1C. The van der Waals surface area contributed by atoms with E-state index in [0.29, 0.717) is 5.69 Å². The van der Waals surface area contributed by atoms with Crippen molar-refractivity contribution in [2.24, 2.45) is 0 Å². The summed E-state index contributed by atoms with van der Waals surface area (Å²) in [5.41, 5.74) is 4.33. The largest absolute Gasteiger partial charge is 0.456 e. The van der Waals surface area contributed by atoms with E-state index in [2.05, 4.69) is 26.6 Å². The fourth-order valence-electron chi connectivity index (χ4n) is 2.81. The predicted octanol–water partition coefficient (Wildman–Crippen LogP) is 4.53. The first-order valence-electron chi connectivity index (χ1n) is 9.40. The summed E-state index contributed by atoms with van der Waals surface area (Å²) in [6.45, 7) is 5.41. The van der Waals surface area contributed by atoms with Crippen LogP contribution in [0.3, 0.4) is 0 Å². The number of carbonyl (C=O) groups excluding carboxylic acids is 3. The maximum absolute atomic E-state index is 12.1. The number of hydrogen-bond donors (Lipinski definition) is 2. The molecule has 0 heterocycles. The van der Waals surface area contributed by atoms with Crippen LogP contribution in [0.15, 0.2) is 40.9 Å². The summed E-state index contributed by atoms with van der Waals surface area (Å²) >= 11 is 3.40. The Kier molecular flexibility index (Phi) is 8.39. The van der Waals surface area contributed by atoms with Crippen LogP contribution in [0.2, 0.25) is 0 Å². The Morgan fingerprint density at radius 2 is 1.66 bits per heavy atom. The van der Waals surface area contributed by atoms with Gasteiger partial charge in [-0.15, -0.1) is 0 Å². The topological polar surface area (TPSA) is 84.5 Å². The Hall–Kier alpha value is -2.67. The van der Waals surface area contributed by atoms with Gasteiger partial charge in [0.1, 0.15) is 0 Å². The van der Waals surface area contributed by atoms with Crippen molar-refractivity contribution < 1.29 is 19.1 Å². The zero-order valence-corrected chi connectivity index (χ0v) is 18.4. The Morgan fingerprint density at radius 3 is 2.31 bits per heavy atom. The molecule has 0 aliphatic heterocycles. The second kappa shape index (κ2) is 10.8. The van der Waals surface area contributed by atoms with Crippen molar-refractivity contribution in [2.75, 3.05) is 17.2 Å². The summed E-state index contributed by atoms with van der Waals surface area (Å²) in [5, 5.41) is 5.56. The Labute approximate surface area is 179 Å². The van der Waals surface area contributed by atoms with Gasteiger partial charge in [0.15, 0.2) is 6.61 Å². The number of hydrogen-bond acceptors (Lipinski definition) is 4. The minimum absolute atomic E-state index is 0.0130. The molecule has 2 amide bonds. The third-order valence-electron chi connectivity index (χ3n) is 4.39. The maximum Gasteiger partial charge on any atom is 0.306 e. The van der Waals surface area contributed by atoms with Crippen LogP contribution in [0.25, 0.3) is 0 Å². The predicted molar refractivity (Wildman–Crippen MR) is 117 cm³/mol. The Morgan fingerprint density at radius 1 is 0.966 bits per heavy atom. The van der Waals surface area contributed by atoms with Gasteiger partial charge >= 0.3 is 5.97 Å². The van der Waals surface area contributed by atoms with Gasteiger partial charge in [-0.05, 0) is 55.2 Å². The minimum Gasteiger partial charge on any atom is -0.456 e. The molecule has 2 aromatic rings. The summed E-state index contributed by atoms with van der Waals surface area (Å²) in [4.78, 5) is 36.0. The molecule has 6 nitrogen and oxygen atoms in total. The number of amides is 2. The van der Waals surface area contributed by atoms with Crippen LogP contribution < -0.4 is 10.6 Å². The number of nitrogens with one attached hydrogen (secondary N) is 2. The van der Waals surface area contributed by atoms with Crippen LogP contribution in [0, 0.1) is 13.8 Å². The summed E-state index contributed by atoms with van der Waals surface area (Å²) in [5.74, 6) is -1.29. The van der Waals surface area contributed by atoms with Gasteiger partial charge in [0, 0.05) is 22.3 Å². The highest BCUT2D eigenvalue weighted by atomic mass is 79.9. The van der Waals surface area contributed by atoms with E-state index in [1.807, 2.05) is 51.1 Å². The number of aryl methyl sites for hydroxylation is 3. The number of rotatable bonds is 8. The number of ether oxygens (including phenoxy) is 1. The van der Waals surface area contributed by atoms with Crippen LogP contribution in [-0.2, 0) is 25.5 Å². The van der Waals surface area contributed by atoms with Gasteiger partial charge in [0.05, 0.1) is 6.42 Å². The zero-order chi connectivity index (χ0) is 21.4. The third-order valence-corrected chi connectivity index (χ3v) is 4.88. The molecule has 0 aromatic heterocycles. The molecule has 7 heteroatoms. The lowest BCUT2D eigenvalue weighted by molar-refractivity contribution is -0.147. The Bertz CT molecular complexity index is 891. The van der Waals surface area contributed by atoms with E-state index in [4.69, 9.17) is 4.74 Å². The fourth-order valence-corrected chi connectivity index (χ4v) is 3.22. The molecule has 0 aliphatic carbocycles. The highest BCUT2D eigenvalue weighted by Crippen LogP contribution is 2.22. The fraction of sp³-hybridized carbons (Fsp3) is 0.318. The van der Waals surface area contributed by atoms with Crippen LogP contribution >= 0.6 is 15.9 Å². The smallest absolute Gasteiger partial charge is 0.306 e. The molecule has 2 rings (SSSR count). The van der Waals surface area contributed by atoms with Crippen molar-refractivity contribution in [1.29, 1.82) is 0 Å². The number of anilines is 2. The summed E-state index contributed by atoms with van der Waals surface area (Å²) in [6.07, 6.45) is 0.647. The first-order chi connectivity index (χ1) is 13.8. The number of carbonyl (C=O) groups is 3. The molecule has 0 atom stereocenters. The van der Waals surface area contributed by atoms with Crippen molar-refractivity contribution in [1.82, 2.24) is 0 Å². The number of halogens is 1. The van der Waals surface area contributed by atoms with Crippen molar-refractivity contribution >= 4 is 45.1 Å². The van der Waals surface area contributed by atoms with Gasteiger partial charge in [0.2, 0.25) is 5.91 Å². The highest BCUT2D eigenvalue weighted by molar-refractivity contribution is 9.10. The highest BCUT2D eigenvalue weighted by Gasteiger charge is 2.13. The molecule has 2 aromatic carbocycles. The molecule has 0 fully saturated rings. The summed E-state index contributed by atoms with van der Waals surface area (Å²) in [6, 6.07) is 11.3. The van der Waals surface area contributed by atoms with E-state index < -0.39 is 18.5 Å². The van der Waals surface area contributed by atoms with Gasteiger partial charge in [-0.2, -0.15) is 0 Å². The monoisotopic (exact) mass is 460 g/mol. The third kappa shape index (κ3) is 7.02. The molecule has 2 N–H and O–H groups in total. The van der Waals surface area contributed by atoms with Crippen molar-refractivity contribution in [3.63, 3.8) is 0 Å². The van der Waals surface area contributed by atoms with E-state index in [-0.39, 0.29) is 18.7 Å². The molecule has 154 valence electrons. The molecular formula is C22H25BrN2O4. The first-order valence-corrected chi connectivity index (χ1v) is 10.2. The van der Waals surface area contributed by atoms with Gasteiger partial charge in [-0.25, -0.2) is 0 Å². The van der Waals surface area contributed by atoms with E-state index in [1.165, 1.54) is 0 Å². The number of esters is 1. The maximum atomic E-state index is 12.1. The first kappa shape index (κ1) is 22.6. The van der Waals surface area contributed by atoms with Crippen LogP contribution in [0.4, 0.5) is 11.4 Å². The van der Waals surface area contributed by atoms with Gasteiger partial charge in [0.25, 0.3) is 5.91 Å². The molecule has 0 spiro atoms. The lowest BCUT2D eigenvalue weighted by Crippen LogP contribution is -2.22. The zero-order valence-electron chi connectivity index (χ0n) is 16.8. The van der Waals surface area contributed by atoms with E-state index in [9.17, 15) is 14.4 Å². The summed E-state index contributed by atoms with van der Waals surface area (Å²) < 4.78 is 5.91. The average molecular weight is 461 g/mol. The molecule has 0 bridgehead atoms. The standard InChI is InChI=1S/C22H25BrN2O4/c1-4-16-12-17(23)8-9-18(16)24-20(27)13-29-21(28)11-10-19(26)25-22-14(2)6-5-7-15(22)3/h5-9,12H,4,10-11,13H2,1-3H3,(H,24,27)(H,25,26). The summed E-state index contributed by atoms with van der Waals surface area (Å²) in [7, 11) is 0. The molecule has 29 heavy (non-hydrogen) atoms. The Balaban J connectivity index is 1.77. The van der Waals surface area contributed by atoms with Gasteiger partial charge < -0.3 is 15.4 Å². The van der Waals surface area contributed by atoms with Crippen LogP contribution in [0.5, 0.6) is 0 Å². The molecule has 0 saturated carbocycles. The quantitative estimate of drug-likeness (QED) is 0.566. The molecule has 0 radical (unpaired) electrons. The van der Waals surface area contributed by atoms with Crippen molar-refractivity contribution in [2.45, 2.75) is 40.0 Å². The molecule has 0 aliphatic rings. The lowest BCUT2D eigenvalue weighted by atomic mass is 10.1. The van der Waals surface area contributed by atoms with Crippen LogP contribution in [-0.4, -0.2) is 24.4 Å². The number of para-hydroxylation sites is 1. The minimum atomic E-state index is -0.594. The normalized spacial score (nSPS) is 10.3. The van der Waals surface area contributed by atoms with Gasteiger partial charge in [-0.3, -0.25) is 14.4 Å². The van der Waals surface area contributed by atoms with Crippen molar-refractivity contribution in [3.05, 3.63) is 57.6 Å². The molecular weight excluding hydrogens is 436 g/mol. The molecule has 0 saturated heterocycles. The lowest BCUT2D eigenvalue weighted by Gasteiger charge is -2.12.